The van der Waals surface area contributed by atoms with Gasteiger partial charge in [0.25, 0.3) is 0 Å². The summed E-state index contributed by atoms with van der Waals surface area (Å²) in [6.07, 6.45) is 1.47. The molecule has 2 rings (SSSR count). The van der Waals surface area contributed by atoms with Gasteiger partial charge in [-0.15, -0.1) is 0 Å². The monoisotopic (exact) mass is 189 g/mol. The molecule has 14 heavy (non-hydrogen) atoms. The molecule has 0 saturated heterocycles. The van der Waals surface area contributed by atoms with Crippen molar-refractivity contribution >= 4 is 0 Å². The number of benzene rings is 1. The minimum atomic E-state index is 0.467. The summed E-state index contributed by atoms with van der Waals surface area (Å²) < 4.78 is 5.43. The highest BCUT2D eigenvalue weighted by Gasteiger charge is 1.95. The van der Waals surface area contributed by atoms with E-state index in [4.69, 9.17) is 4.74 Å². The summed E-state index contributed by atoms with van der Waals surface area (Å²) in [5.41, 5.74) is 1.16. The Labute approximate surface area is 81.9 Å². The fourth-order valence-electron chi connectivity index (χ4n) is 1.14. The van der Waals surface area contributed by atoms with Gasteiger partial charge >= 0.3 is 0 Å². The summed E-state index contributed by atoms with van der Waals surface area (Å²) in [6, 6.07) is 10.0. The number of H-pyrrole nitrogens is 1. The molecule has 0 aliphatic heterocycles. The molecule has 4 nitrogen and oxygen atoms in total. The Kier molecular flexibility index (Phi) is 2.88. The van der Waals surface area contributed by atoms with Crippen molar-refractivity contribution < 1.29 is 4.74 Å². The van der Waals surface area contributed by atoms with E-state index in [2.05, 4.69) is 15.2 Å². The number of ether oxygens (including phenoxy) is 1. The van der Waals surface area contributed by atoms with E-state index in [1.807, 2.05) is 30.3 Å². The van der Waals surface area contributed by atoms with Crippen molar-refractivity contribution in [2.45, 2.75) is 13.2 Å². The van der Waals surface area contributed by atoms with Crippen LogP contribution >= 0.6 is 0 Å². The molecule has 1 heterocycles. The molecule has 1 aromatic carbocycles. The van der Waals surface area contributed by atoms with Gasteiger partial charge in [0.1, 0.15) is 18.8 Å². The second-order valence-electron chi connectivity index (χ2n) is 2.91. The molecule has 0 unspecified atom stereocenters. The van der Waals surface area contributed by atoms with E-state index in [0.29, 0.717) is 13.2 Å². The average molecular weight is 189 g/mol. The second-order valence-corrected chi connectivity index (χ2v) is 2.91. The largest absolute Gasteiger partial charge is 0.369 e. The highest BCUT2D eigenvalue weighted by Crippen LogP contribution is 2.01. The minimum absolute atomic E-state index is 0.467. The van der Waals surface area contributed by atoms with Crippen molar-refractivity contribution in [2.24, 2.45) is 0 Å². The Bertz CT molecular complexity index is 358. The molecule has 0 fully saturated rings. The van der Waals surface area contributed by atoms with Crippen LogP contribution in [0.3, 0.4) is 0 Å². The molecule has 1 aromatic heterocycles. The van der Waals surface area contributed by atoms with Gasteiger partial charge in [0, 0.05) is 0 Å². The van der Waals surface area contributed by atoms with Gasteiger partial charge in [0.05, 0.1) is 6.61 Å². The van der Waals surface area contributed by atoms with Crippen LogP contribution in [-0.2, 0) is 18.0 Å². The van der Waals surface area contributed by atoms with E-state index in [1.54, 1.807) is 0 Å². The Morgan fingerprint density at radius 3 is 2.71 bits per heavy atom. The highest BCUT2D eigenvalue weighted by atomic mass is 16.5. The lowest BCUT2D eigenvalue weighted by Gasteiger charge is -2.01. The predicted octanol–water partition coefficient (Wildman–Crippen LogP) is 1.52. The van der Waals surface area contributed by atoms with Gasteiger partial charge in [-0.1, -0.05) is 30.3 Å². The highest BCUT2D eigenvalue weighted by molar-refractivity contribution is 5.13. The van der Waals surface area contributed by atoms with Gasteiger partial charge in [-0.25, -0.2) is 4.98 Å². The van der Waals surface area contributed by atoms with Crippen LogP contribution < -0.4 is 0 Å². The van der Waals surface area contributed by atoms with Crippen LogP contribution in [0.5, 0.6) is 0 Å². The molecule has 72 valence electrons. The van der Waals surface area contributed by atoms with Gasteiger partial charge in [-0.05, 0) is 5.56 Å². The first kappa shape index (κ1) is 8.90. The summed E-state index contributed by atoms with van der Waals surface area (Å²) in [5, 5.41) is 6.47. The number of hydrogen-bond donors (Lipinski definition) is 1. The predicted molar refractivity (Wildman–Crippen MR) is 51.3 cm³/mol. The maximum atomic E-state index is 5.43. The molecule has 0 radical (unpaired) electrons. The molecule has 0 amide bonds. The lowest BCUT2D eigenvalue weighted by molar-refractivity contribution is 0.102. The Morgan fingerprint density at radius 1 is 1.14 bits per heavy atom. The third kappa shape index (κ3) is 2.40. The van der Waals surface area contributed by atoms with Gasteiger partial charge in [-0.2, -0.15) is 5.10 Å². The summed E-state index contributed by atoms with van der Waals surface area (Å²) in [5.74, 6) is 0.751. The van der Waals surface area contributed by atoms with E-state index in [9.17, 15) is 0 Å². The zero-order valence-electron chi connectivity index (χ0n) is 7.68. The fraction of sp³-hybridized carbons (Fsp3) is 0.200. The van der Waals surface area contributed by atoms with Crippen LogP contribution in [0.15, 0.2) is 36.7 Å². The smallest absolute Gasteiger partial charge is 0.150 e. The maximum Gasteiger partial charge on any atom is 0.150 e. The lowest BCUT2D eigenvalue weighted by atomic mass is 10.2. The van der Waals surface area contributed by atoms with Crippen molar-refractivity contribution in [2.75, 3.05) is 0 Å². The van der Waals surface area contributed by atoms with Crippen molar-refractivity contribution in [1.29, 1.82) is 0 Å². The Morgan fingerprint density at radius 2 is 2.00 bits per heavy atom. The third-order valence-corrected chi connectivity index (χ3v) is 1.82. The van der Waals surface area contributed by atoms with Crippen molar-refractivity contribution in [1.82, 2.24) is 15.2 Å². The van der Waals surface area contributed by atoms with Crippen LogP contribution in [0.1, 0.15) is 11.4 Å². The zero-order valence-corrected chi connectivity index (χ0v) is 7.68. The van der Waals surface area contributed by atoms with Gasteiger partial charge < -0.3 is 4.74 Å². The van der Waals surface area contributed by atoms with E-state index in [-0.39, 0.29) is 0 Å². The molecular formula is C10H11N3O. The molecular weight excluding hydrogens is 178 g/mol. The van der Waals surface area contributed by atoms with Crippen LogP contribution in [0.25, 0.3) is 0 Å². The average Bonchev–Trinajstić information content (AvgIpc) is 2.72. The maximum absolute atomic E-state index is 5.43. The van der Waals surface area contributed by atoms with E-state index in [1.165, 1.54) is 6.33 Å². The molecule has 0 atom stereocenters. The standard InChI is InChI=1S/C10H11N3O/c1-2-4-9(5-3-1)6-14-7-10-11-8-12-13-10/h1-5,8H,6-7H2,(H,11,12,13). The molecule has 1 N–H and O–H groups in total. The Balaban J connectivity index is 1.79. The topological polar surface area (TPSA) is 50.8 Å². The number of rotatable bonds is 4. The van der Waals surface area contributed by atoms with Crippen LogP contribution in [0.4, 0.5) is 0 Å². The van der Waals surface area contributed by atoms with Gasteiger partial charge in [-0.3, -0.25) is 5.10 Å². The first-order valence-electron chi connectivity index (χ1n) is 4.41. The van der Waals surface area contributed by atoms with Gasteiger partial charge in [0.2, 0.25) is 0 Å². The minimum Gasteiger partial charge on any atom is -0.369 e. The molecule has 4 heteroatoms. The van der Waals surface area contributed by atoms with E-state index in [0.717, 1.165) is 11.4 Å². The molecule has 0 spiro atoms. The molecule has 2 aromatic rings. The van der Waals surface area contributed by atoms with E-state index < -0.39 is 0 Å². The number of nitrogens with zero attached hydrogens (tertiary/aromatic N) is 2. The normalized spacial score (nSPS) is 10.3. The fourth-order valence-corrected chi connectivity index (χ4v) is 1.14. The van der Waals surface area contributed by atoms with Crippen molar-refractivity contribution in [3.63, 3.8) is 0 Å². The number of nitrogens with one attached hydrogen (secondary N) is 1. The first-order valence-corrected chi connectivity index (χ1v) is 4.41. The van der Waals surface area contributed by atoms with E-state index >= 15 is 0 Å². The number of hydrogen-bond acceptors (Lipinski definition) is 3. The lowest BCUT2D eigenvalue weighted by Crippen LogP contribution is -1.95. The Hall–Kier alpha value is -1.68. The first-order chi connectivity index (χ1) is 6.95. The summed E-state index contributed by atoms with van der Waals surface area (Å²) in [4.78, 5) is 3.96. The molecule has 0 aliphatic rings. The third-order valence-electron chi connectivity index (χ3n) is 1.82. The molecule has 0 saturated carbocycles. The molecule has 0 bridgehead atoms. The second kappa shape index (κ2) is 4.53. The summed E-state index contributed by atoms with van der Waals surface area (Å²) >= 11 is 0. The number of aromatic amines is 1. The van der Waals surface area contributed by atoms with Crippen LogP contribution in [0.2, 0.25) is 0 Å². The summed E-state index contributed by atoms with van der Waals surface area (Å²) in [7, 11) is 0. The quantitative estimate of drug-likeness (QED) is 0.793. The van der Waals surface area contributed by atoms with Crippen molar-refractivity contribution in [3.05, 3.63) is 48.0 Å². The zero-order chi connectivity index (χ0) is 9.64. The summed E-state index contributed by atoms with van der Waals surface area (Å²) in [6.45, 7) is 1.07. The van der Waals surface area contributed by atoms with Crippen LogP contribution in [0, 0.1) is 0 Å². The molecule has 0 aliphatic carbocycles. The number of aromatic nitrogens is 3. The SMILES string of the molecule is c1ccc(COCc2ncn[nH]2)cc1. The van der Waals surface area contributed by atoms with Crippen LogP contribution in [-0.4, -0.2) is 15.2 Å². The van der Waals surface area contributed by atoms with Gasteiger partial charge in [0.15, 0.2) is 0 Å². The van der Waals surface area contributed by atoms with Crippen molar-refractivity contribution in [3.8, 4) is 0 Å².